The third-order valence-corrected chi connectivity index (χ3v) is 3.24. The first kappa shape index (κ1) is 13.8. The van der Waals surface area contributed by atoms with Gasteiger partial charge < -0.3 is 10.4 Å². The van der Waals surface area contributed by atoms with Gasteiger partial charge in [0.15, 0.2) is 0 Å². The number of carbonyl (C=O) groups excluding carboxylic acids is 1. The third-order valence-electron chi connectivity index (χ3n) is 2.09. The van der Waals surface area contributed by atoms with Crippen molar-refractivity contribution in [3.05, 3.63) is 21.4 Å². The highest BCUT2D eigenvalue weighted by Crippen LogP contribution is 2.20. The fraction of sp³-hybridized carbons (Fsp3) is 0.462. The Morgan fingerprint density at radius 1 is 1.59 bits per heavy atom. The number of carbonyl (C=O) groups is 1. The van der Waals surface area contributed by atoms with Gasteiger partial charge in [-0.15, -0.1) is 11.3 Å². The topological polar surface area (TPSA) is 49.3 Å². The monoisotopic (exact) mass is 251 g/mol. The van der Waals surface area contributed by atoms with Crippen molar-refractivity contribution in [2.45, 2.75) is 20.8 Å². The molecular formula is C13H17NO2S. The van der Waals surface area contributed by atoms with E-state index in [1.165, 1.54) is 11.3 Å². The maximum Gasteiger partial charge on any atom is 0.261 e. The molecule has 0 atom stereocenters. The fourth-order valence-electron chi connectivity index (χ4n) is 1.22. The summed E-state index contributed by atoms with van der Waals surface area (Å²) in [4.78, 5) is 13.3. The van der Waals surface area contributed by atoms with Crippen LogP contribution in [0, 0.1) is 24.7 Å². The summed E-state index contributed by atoms with van der Waals surface area (Å²) in [7, 11) is 0. The summed E-state index contributed by atoms with van der Waals surface area (Å²) in [6, 6.07) is 1.84. The second-order valence-electron chi connectivity index (χ2n) is 4.19. The van der Waals surface area contributed by atoms with E-state index in [0.29, 0.717) is 17.3 Å². The Morgan fingerprint density at radius 3 is 2.88 bits per heavy atom. The quantitative estimate of drug-likeness (QED) is 0.805. The van der Waals surface area contributed by atoms with E-state index in [-0.39, 0.29) is 12.5 Å². The zero-order chi connectivity index (χ0) is 12.8. The number of hydrogen-bond acceptors (Lipinski definition) is 3. The SMILES string of the molecule is Cc1cc(C(=O)NCC(C)C)sc1C#CCO. The van der Waals surface area contributed by atoms with Crippen LogP contribution in [0.3, 0.4) is 0 Å². The lowest BCUT2D eigenvalue weighted by atomic mass is 10.2. The van der Waals surface area contributed by atoms with Gasteiger partial charge in [0.1, 0.15) is 6.61 Å². The zero-order valence-electron chi connectivity index (χ0n) is 10.3. The van der Waals surface area contributed by atoms with Gasteiger partial charge in [-0.05, 0) is 24.5 Å². The summed E-state index contributed by atoms with van der Waals surface area (Å²) in [5, 5.41) is 11.5. The van der Waals surface area contributed by atoms with Crippen LogP contribution < -0.4 is 5.32 Å². The van der Waals surface area contributed by atoms with Crippen molar-refractivity contribution in [1.29, 1.82) is 0 Å². The van der Waals surface area contributed by atoms with Crippen LogP contribution in [-0.2, 0) is 0 Å². The minimum Gasteiger partial charge on any atom is -0.384 e. The van der Waals surface area contributed by atoms with E-state index in [0.717, 1.165) is 10.4 Å². The summed E-state index contributed by atoms with van der Waals surface area (Å²) in [6.45, 7) is 6.53. The van der Waals surface area contributed by atoms with Crippen LogP contribution >= 0.6 is 11.3 Å². The maximum atomic E-state index is 11.8. The molecule has 2 N–H and O–H groups in total. The Balaban J connectivity index is 2.75. The third kappa shape index (κ3) is 4.22. The molecule has 0 saturated carbocycles. The lowest BCUT2D eigenvalue weighted by Gasteiger charge is -2.05. The molecule has 1 aromatic heterocycles. The van der Waals surface area contributed by atoms with Crippen LogP contribution in [0.1, 0.15) is 34.0 Å². The smallest absolute Gasteiger partial charge is 0.261 e. The molecule has 0 aliphatic carbocycles. The van der Waals surface area contributed by atoms with Crippen molar-refractivity contribution in [3.63, 3.8) is 0 Å². The number of aryl methyl sites for hydroxylation is 1. The Hall–Kier alpha value is -1.31. The summed E-state index contributed by atoms with van der Waals surface area (Å²) in [5.41, 5.74) is 0.977. The summed E-state index contributed by atoms with van der Waals surface area (Å²) < 4.78 is 0. The van der Waals surface area contributed by atoms with Gasteiger partial charge in [0.25, 0.3) is 5.91 Å². The van der Waals surface area contributed by atoms with E-state index >= 15 is 0 Å². The number of hydrogen-bond donors (Lipinski definition) is 2. The van der Waals surface area contributed by atoms with Gasteiger partial charge in [-0.2, -0.15) is 0 Å². The lowest BCUT2D eigenvalue weighted by molar-refractivity contribution is 0.0953. The minimum atomic E-state index is -0.160. The van der Waals surface area contributed by atoms with Crippen LogP contribution in [0.15, 0.2) is 6.07 Å². The van der Waals surface area contributed by atoms with Crippen LogP contribution in [-0.4, -0.2) is 24.2 Å². The van der Waals surface area contributed by atoms with Crippen LogP contribution in [0.4, 0.5) is 0 Å². The van der Waals surface area contributed by atoms with Gasteiger partial charge in [-0.25, -0.2) is 0 Å². The highest BCUT2D eigenvalue weighted by molar-refractivity contribution is 7.14. The molecule has 0 fully saturated rings. The molecule has 0 radical (unpaired) electrons. The number of nitrogens with one attached hydrogen (secondary N) is 1. The minimum absolute atomic E-state index is 0.0520. The second kappa shape index (κ2) is 6.43. The Kier molecular flexibility index (Phi) is 5.20. The van der Waals surface area contributed by atoms with E-state index in [4.69, 9.17) is 5.11 Å². The van der Waals surface area contributed by atoms with Crippen molar-refractivity contribution in [3.8, 4) is 11.8 Å². The first-order chi connectivity index (χ1) is 8.04. The summed E-state index contributed by atoms with van der Waals surface area (Å²) in [6.07, 6.45) is 0. The summed E-state index contributed by atoms with van der Waals surface area (Å²) >= 11 is 1.36. The van der Waals surface area contributed by atoms with Gasteiger partial charge in [0.05, 0.1) is 9.75 Å². The molecule has 1 heterocycles. The molecule has 0 spiro atoms. The first-order valence-corrected chi connectivity index (χ1v) is 6.34. The lowest BCUT2D eigenvalue weighted by Crippen LogP contribution is -2.26. The average molecular weight is 251 g/mol. The number of rotatable bonds is 3. The molecule has 0 aromatic carbocycles. The molecule has 17 heavy (non-hydrogen) atoms. The molecule has 92 valence electrons. The molecule has 3 nitrogen and oxygen atoms in total. The van der Waals surface area contributed by atoms with Gasteiger partial charge in [0.2, 0.25) is 0 Å². The van der Waals surface area contributed by atoms with Gasteiger partial charge in [-0.3, -0.25) is 4.79 Å². The number of aliphatic hydroxyl groups is 1. The van der Waals surface area contributed by atoms with Crippen molar-refractivity contribution in [2.75, 3.05) is 13.2 Å². The molecule has 4 heteroatoms. The largest absolute Gasteiger partial charge is 0.384 e. The van der Waals surface area contributed by atoms with Crippen molar-refractivity contribution < 1.29 is 9.90 Å². The fourth-order valence-corrected chi connectivity index (χ4v) is 2.19. The molecule has 1 amide bonds. The van der Waals surface area contributed by atoms with E-state index in [1.54, 1.807) is 0 Å². The highest BCUT2D eigenvalue weighted by atomic mass is 32.1. The molecule has 0 aliphatic rings. The number of amides is 1. The molecular weight excluding hydrogens is 234 g/mol. The normalized spacial score (nSPS) is 9.94. The van der Waals surface area contributed by atoms with E-state index in [9.17, 15) is 4.79 Å². The number of aliphatic hydroxyl groups excluding tert-OH is 1. The number of thiophene rings is 1. The first-order valence-electron chi connectivity index (χ1n) is 5.53. The average Bonchev–Trinajstić information content (AvgIpc) is 2.65. The van der Waals surface area contributed by atoms with E-state index < -0.39 is 0 Å². The van der Waals surface area contributed by atoms with Crippen LogP contribution in [0.2, 0.25) is 0 Å². The standard InChI is InChI=1S/C13H17NO2S/c1-9(2)8-14-13(16)12-7-10(3)11(17-12)5-4-6-15/h7,9,15H,6,8H2,1-3H3,(H,14,16). The highest BCUT2D eigenvalue weighted by Gasteiger charge is 2.11. The van der Waals surface area contributed by atoms with Gasteiger partial charge >= 0.3 is 0 Å². The zero-order valence-corrected chi connectivity index (χ0v) is 11.1. The van der Waals surface area contributed by atoms with Crippen LogP contribution in [0.5, 0.6) is 0 Å². The predicted molar refractivity (Wildman–Crippen MR) is 70.2 cm³/mol. The van der Waals surface area contributed by atoms with E-state index in [2.05, 4.69) is 31.0 Å². The van der Waals surface area contributed by atoms with Gasteiger partial charge in [0, 0.05) is 6.54 Å². The van der Waals surface area contributed by atoms with Crippen LogP contribution in [0.25, 0.3) is 0 Å². The van der Waals surface area contributed by atoms with Gasteiger partial charge in [-0.1, -0.05) is 25.7 Å². The van der Waals surface area contributed by atoms with Crippen molar-refractivity contribution in [1.82, 2.24) is 5.32 Å². The molecule has 0 unspecified atom stereocenters. The van der Waals surface area contributed by atoms with Crippen molar-refractivity contribution >= 4 is 17.2 Å². The molecule has 1 rings (SSSR count). The maximum absolute atomic E-state index is 11.8. The molecule has 0 saturated heterocycles. The second-order valence-corrected chi connectivity index (χ2v) is 5.24. The molecule has 0 bridgehead atoms. The van der Waals surface area contributed by atoms with Crippen molar-refractivity contribution in [2.24, 2.45) is 5.92 Å². The predicted octanol–water partition coefficient (Wildman–Crippen LogP) is 1.79. The Bertz CT molecular complexity index is 452. The summed E-state index contributed by atoms with van der Waals surface area (Å²) in [5.74, 6) is 5.82. The molecule has 1 aromatic rings. The Morgan fingerprint density at radius 2 is 2.29 bits per heavy atom. The molecule has 0 aliphatic heterocycles. The Labute approximate surface area is 106 Å². The van der Waals surface area contributed by atoms with E-state index in [1.807, 2.05) is 13.0 Å².